The second kappa shape index (κ2) is 7.69. The molecule has 1 aliphatic carbocycles. The van der Waals surface area contributed by atoms with E-state index in [4.69, 9.17) is 0 Å². The van der Waals surface area contributed by atoms with Crippen LogP contribution in [0.15, 0.2) is 23.8 Å². The van der Waals surface area contributed by atoms with E-state index in [2.05, 4.69) is 29.7 Å². The minimum atomic E-state index is -0.00162. The summed E-state index contributed by atoms with van der Waals surface area (Å²) in [4.78, 5) is 16.5. The lowest BCUT2D eigenvalue weighted by atomic mass is 10.0. The van der Waals surface area contributed by atoms with Crippen LogP contribution in [0, 0.1) is 17.2 Å². The molecule has 0 saturated heterocycles. The van der Waals surface area contributed by atoms with Gasteiger partial charge in [0.1, 0.15) is 17.4 Å². The van der Waals surface area contributed by atoms with E-state index in [1.807, 2.05) is 0 Å². The van der Waals surface area contributed by atoms with Crippen LogP contribution >= 0.6 is 0 Å². The predicted molar refractivity (Wildman–Crippen MR) is 86.1 cm³/mol. The molecule has 0 spiro atoms. The molecular formula is C17H22N4O. The first-order valence-electron chi connectivity index (χ1n) is 7.85. The number of nitriles is 1. The van der Waals surface area contributed by atoms with Gasteiger partial charge in [-0.3, -0.25) is 4.79 Å². The summed E-state index contributed by atoms with van der Waals surface area (Å²) in [5, 5.41) is 13.5. The molecule has 2 rings (SSSR count). The highest BCUT2D eigenvalue weighted by Crippen LogP contribution is 2.27. The lowest BCUT2D eigenvalue weighted by Gasteiger charge is -2.05. The number of carbonyl (C=O) groups is 1. The Morgan fingerprint density at radius 3 is 3.09 bits per heavy atom. The molecular weight excluding hydrogens is 276 g/mol. The fourth-order valence-electron chi connectivity index (χ4n) is 2.72. The molecule has 1 aromatic heterocycles. The smallest absolute Gasteiger partial charge is 0.168 e. The average molecular weight is 298 g/mol. The number of carbonyl (C=O) groups excluding carboxylic acids is 1. The highest BCUT2D eigenvalue weighted by Gasteiger charge is 2.28. The Labute approximate surface area is 131 Å². The first kappa shape index (κ1) is 16.2. The number of hydrogen-bond donors (Lipinski definition) is 0. The molecule has 0 aromatic carbocycles. The van der Waals surface area contributed by atoms with Crippen LogP contribution in [0.5, 0.6) is 0 Å². The molecule has 5 heteroatoms. The third-order valence-electron chi connectivity index (χ3n) is 3.94. The first-order chi connectivity index (χ1) is 10.7. The van der Waals surface area contributed by atoms with E-state index in [1.165, 1.54) is 0 Å². The number of Topliss-reactive ketones (excluding diaryl/α,β-unsaturated/α-hetero) is 1. The summed E-state index contributed by atoms with van der Waals surface area (Å²) in [7, 11) is 0. The van der Waals surface area contributed by atoms with Gasteiger partial charge in [0.05, 0.1) is 6.20 Å². The Hall–Kier alpha value is -2.22. The maximum absolute atomic E-state index is 11.9. The van der Waals surface area contributed by atoms with Crippen molar-refractivity contribution in [3.8, 4) is 6.07 Å². The van der Waals surface area contributed by atoms with Gasteiger partial charge < -0.3 is 0 Å². The van der Waals surface area contributed by atoms with Gasteiger partial charge in [0.15, 0.2) is 5.82 Å². The third-order valence-corrected chi connectivity index (χ3v) is 3.94. The molecule has 0 N–H and O–H groups in total. The van der Waals surface area contributed by atoms with Crippen molar-refractivity contribution in [2.45, 2.75) is 52.0 Å². The van der Waals surface area contributed by atoms with E-state index in [0.717, 1.165) is 31.5 Å². The van der Waals surface area contributed by atoms with Crippen LogP contribution < -0.4 is 0 Å². The third kappa shape index (κ3) is 3.70. The Kier molecular flexibility index (Phi) is 5.65. The summed E-state index contributed by atoms with van der Waals surface area (Å²) in [6, 6.07) is 2.14. The molecule has 5 nitrogen and oxygen atoms in total. The number of aliphatic imine (C=N–C) groups is 1. The topological polar surface area (TPSA) is 71.0 Å². The predicted octanol–water partition coefficient (Wildman–Crippen LogP) is 3.57. The van der Waals surface area contributed by atoms with Crippen LogP contribution in [0.3, 0.4) is 0 Å². The van der Waals surface area contributed by atoms with Crippen molar-refractivity contribution in [2.75, 3.05) is 0 Å². The van der Waals surface area contributed by atoms with Crippen LogP contribution in [0.1, 0.15) is 51.0 Å². The first-order valence-corrected chi connectivity index (χ1v) is 7.85. The monoisotopic (exact) mass is 298 g/mol. The SMILES string of the molecule is C=CCC1CC(=Nc2c(C#N)cnn2CCCCC)CC1=O. The van der Waals surface area contributed by atoms with Crippen molar-refractivity contribution >= 4 is 17.3 Å². The fourth-order valence-corrected chi connectivity index (χ4v) is 2.72. The van der Waals surface area contributed by atoms with E-state index in [1.54, 1.807) is 17.0 Å². The van der Waals surface area contributed by atoms with Gasteiger partial charge in [-0.15, -0.1) is 6.58 Å². The van der Waals surface area contributed by atoms with E-state index >= 15 is 0 Å². The van der Waals surface area contributed by atoms with Crippen LogP contribution in [-0.4, -0.2) is 21.3 Å². The Morgan fingerprint density at radius 1 is 1.59 bits per heavy atom. The number of ketones is 1. The van der Waals surface area contributed by atoms with E-state index in [-0.39, 0.29) is 11.7 Å². The molecule has 0 radical (unpaired) electrons. The van der Waals surface area contributed by atoms with Gasteiger partial charge in [-0.2, -0.15) is 10.4 Å². The average Bonchev–Trinajstić information content (AvgIpc) is 3.04. The Balaban J connectivity index is 2.19. The minimum Gasteiger partial charge on any atom is -0.299 e. The summed E-state index contributed by atoms with van der Waals surface area (Å²) in [5.41, 5.74) is 1.33. The number of aryl methyl sites for hydroxylation is 1. The van der Waals surface area contributed by atoms with E-state index in [9.17, 15) is 10.1 Å². The van der Waals surface area contributed by atoms with Gasteiger partial charge in [0.2, 0.25) is 0 Å². The summed E-state index contributed by atoms with van der Waals surface area (Å²) < 4.78 is 1.78. The van der Waals surface area contributed by atoms with Gasteiger partial charge in [0, 0.05) is 24.6 Å². The molecule has 22 heavy (non-hydrogen) atoms. The van der Waals surface area contributed by atoms with Crippen molar-refractivity contribution < 1.29 is 4.79 Å². The maximum Gasteiger partial charge on any atom is 0.168 e. The van der Waals surface area contributed by atoms with Crippen LogP contribution in [0.4, 0.5) is 5.82 Å². The normalized spacial score (nSPS) is 19.5. The largest absolute Gasteiger partial charge is 0.299 e. The molecule has 1 aromatic rings. The lowest BCUT2D eigenvalue weighted by molar-refractivity contribution is -0.120. The van der Waals surface area contributed by atoms with Crippen molar-refractivity contribution in [1.29, 1.82) is 5.26 Å². The molecule has 0 bridgehead atoms. The fraction of sp³-hybridized carbons (Fsp3) is 0.529. The van der Waals surface area contributed by atoms with Crippen molar-refractivity contribution in [1.82, 2.24) is 9.78 Å². The highest BCUT2D eigenvalue weighted by atomic mass is 16.1. The molecule has 0 amide bonds. The number of hydrogen-bond acceptors (Lipinski definition) is 4. The van der Waals surface area contributed by atoms with Gasteiger partial charge in [-0.25, -0.2) is 9.67 Å². The van der Waals surface area contributed by atoms with Crippen molar-refractivity contribution in [3.05, 3.63) is 24.4 Å². The lowest BCUT2D eigenvalue weighted by Crippen LogP contribution is -2.03. The van der Waals surface area contributed by atoms with Crippen LogP contribution in [0.2, 0.25) is 0 Å². The van der Waals surface area contributed by atoms with Crippen molar-refractivity contribution in [3.63, 3.8) is 0 Å². The number of nitrogens with zero attached hydrogens (tertiary/aromatic N) is 4. The van der Waals surface area contributed by atoms with E-state index < -0.39 is 0 Å². The second-order valence-electron chi connectivity index (χ2n) is 5.67. The number of allylic oxidation sites excluding steroid dienone is 1. The Bertz CT molecular complexity index is 621. The molecule has 1 aliphatic rings. The molecule has 1 heterocycles. The second-order valence-corrected chi connectivity index (χ2v) is 5.67. The quantitative estimate of drug-likeness (QED) is 0.570. The van der Waals surface area contributed by atoms with Crippen LogP contribution in [0.25, 0.3) is 0 Å². The molecule has 1 unspecified atom stereocenters. The molecule has 116 valence electrons. The summed E-state index contributed by atoms with van der Waals surface area (Å²) in [5.74, 6) is 0.813. The summed E-state index contributed by atoms with van der Waals surface area (Å²) >= 11 is 0. The molecule has 1 saturated carbocycles. The summed E-state index contributed by atoms with van der Waals surface area (Å²) in [6.45, 7) is 6.60. The van der Waals surface area contributed by atoms with Gasteiger partial charge in [-0.1, -0.05) is 25.8 Å². The molecule has 1 fully saturated rings. The molecule has 1 atom stereocenters. The van der Waals surface area contributed by atoms with E-state index in [0.29, 0.717) is 30.6 Å². The number of rotatable bonds is 7. The number of unbranched alkanes of at least 4 members (excludes halogenated alkanes) is 2. The Morgan fingerprint density at radius 2 is 2.41 bits per heavy atom. The molecule has 0 aliphatic heterocycles. The van der Waals surface area contributed by atoms with Gasteiger partial charge >= 0.3 is 0 Å². The maximum atomic E-state index is 11.9. The zero-order chi connectivity index (χ0) is 15.9. The van der Waals surface area contributed by atoms with Crippen molar-refractivity contribution in [2.24, 2.45) is 10.9 Å². The zero-order valence-corrected chi connectivity index (χ0v) is 13.1. The van der Waals surface area contributed by atoms with Crippen LogP contribution in [-0.2, 0) is 11.3 Å². The zero-order valence-electron chi connectivity index (χ0n) is 13.1. The minimum absolute atomic E-state index is 0.00162. The number of aromatic nitrogens is 2. The summed E-state index contributed by atoms with van der Waals surface area (Å²) in [6.07, 6.45) is 8.34. The highest BCUT2D eigenvalue weighted by molar-refractivity contribution is 6.10. The van der Waals surface area contributed by atoms with Gasteiger partial charge in [0.25, 0.3) is 0 Å². The standard InChI is InChI=1S/C17H22N4O/c1-3-5-6-8-21-17(14(11-18)12-19-21)20-15-9-13(7-4-2)16(22)10-15/h4,12-13H,2-3,5-10H2,1H3. The van der Waals surface area contributed by atoms with Gasteiger partial charge in [-0.05, 0) is 19.3 Å².